The topological polar surface area (TPSA) is 81.9 Å². The number of amides is 1. The Morgan fingerprint density at radius 2 is 1.88 bits per heavy atom. The van der Waals surface area contributed by atoms with E-state index in [9.17, 15) is 9.59 Å². The second kappa shape index (κ2) is 13.3. The normalized spacial score (nSPS) is 14.5. The second-order valence-electron chi connectivity index (χ2n) is 9.20. The molecule has 0 radical (unpaired) electrons. The van der Waals surface area contributed by atoms with Crippen LogP contribution in [0.25, 0.3) is 6.08 Å². The molecular weight excluding hydrogens is 776 g/mol. The molecule has 2 heterocycles. The summed E-state index contributed by atoms with van der Waals surface area (Å²) in [7, 11) is 0. The summed E-state index contributed by atoms with van der Waals surface area (Å²) in [5, 5.41) is 2.97. The van der Waals surface area contributed by atoms with E-state index in [1.807, 2.05) is 73.7 Å². The molecule has 1 aliphatic heterocycles. The molecule has 0 unspecified atom stereocenters. The average Bonchev–Trinajstić information content (AvgIpc) is 3.27. The van der Waals surface area contributed by atoms with Gasteiger partial charge in [-0.05, 0) is 107 Å². The van der Waals surface area contributed by atoms with Gasteiger partial charge < -0.3 is 14.8 Å². The van der Waals surface area contributed by atoms with Gasteiger partial charge in [-0.2, -0.15) is 0 Å². The van der Waals surface area contributed by atoms with Crippen LogP contribution in [0.2, 0.25) is 0 Å². The minimum atomic E-state index is -0.698. The molecule has 212 valence electrons. The molecule has 0 fully saturated rings. The van der Waals surface area contributed by atoms with Crippen molar-refractivity contribution in [1.29, 1.82) is 0 Å². The van der Waals surface area contributed by atoms with Crippen LogP contribution in [0.3, 0.4) is 0 Å². The van der Waals surface area contributed by atoms with Crippen LogP contribution >= 0.6 is 56.5 Å². The fourth-order valence-electron chi connectivity index (χ4n) is 4.65. The summed E-state index contributed by atoms with van der Waals surface area (Å²) in [4.78, 5) is 33.1. The third-order valence-corrected chi connectivity index (χ3v) is 8.84. The number of anilines is 1. The average molecular weight is 801 g/mol. The SMILES string of the molecule is C#CCOc1c(I)cc(I)cc1/C=c1\sc2n(c1=O)[C@@H](c1ccc(OCC)cc1)C(C(=O)Nc1ccccc1)=C(C)N=2. The van der Waals surface area contributed by atoms with E-state index in [0.29, 0.717) is 44.4 Å². The Kier molecular flexibility index (Phi) is 9.50. The number of nitrogens with one attached hydrogen (secondary N) is 1. The van der Waals surface area contributed by atoms with Crippen LogP contribution in [0, 0.1) is 19.5 Å². The summed E-state index contributed by atoms with van der Waals surface area (Å²) in [6, 6.07) is 19.9. The number of allylic oxidation sites excluding steroid dienone is 1. The van der Waals surface area contributed by atoms with Crippen molar-refractivity contribution in [1.82, 2.24) is 4.57 Å². The van der Waals surface area contributed by atoms with Crippen molar-refractivity contribution >= 4 is 74.2 Å². The molecule has 1 aliphatic rings. The highest BCUT2D eigenvalue weighted by Gasteiger charge is 2.32. The largest absolute Gasteiger partial charge is 0.494 e. The molecule has 0 bridgehead atoms. The molecule has 42 heavy (non-hydrogen) atoms. The number of carbonyl (C=O) groups is 1. The Bertz CT molecular complexity index is 1910. The highest BCUT2D eigenvalue weighted by atomic mass is 127. The third kappa shape index (κ3) is 6.33. The van der Waals surface area contributed by atoms with Crippen molar-refractivity contribution in [2.45, 2.75) is 19.9 Å². The predicted octanol–water partition coefficient (Wildman–Crippen LogP) is 5.49. The molecule has 4 aromatic rings. The van der Waals surface area contributed by atoms with E-state index in [2.05, 4.69) is 56.4 Å². The van der Waals surface area contributed by atoms with E-state index < -0.39 is 6.04 Å². The standard InChI is InChI=1S/C32H25I2N3O4S/c1-4-15-41-29-21(16-22(33)18-25(29)34)17-26-31(39)37-28(20-11-13-24(14-12-20)40-5-2)27(19(3)35-32(37)42-26)30(38)36-23-9-7-6-8-10-23/h1,6-14,16-18,28H,5,15H2,2-3H3,(H,36,38)/b26-17-/t28-/m0/s1. The van der Waals surface area contributed by atoms with Gasteiger partial charge in [0, 0.05) is 14.8 Å². The number of hydrogen-bond donors (Lipinski definition) is 1. The molecule has 10 heteroatoms. The van der Waals surface area contributed by atoms with Crippen LogP contribution in [-0.4, -0.2) is 23.7 Å². The summed E-state index contributed by atoms with van der Waals surface area (Å²) in [6.45, 7) is 4.35. The van der Waals surface area contributed by atoms with Gasteiger partial charge in [-0.3, -0.25) is 14.2 Å². The molecule has 0 saturated heterocycles. The molecule has 0 saturated carbocycles. The zero-order valence-corrected chi connectivity index (χ0v) is 27.8. The number of terminal acetylenes is 1. The number of halogens is 2. The van der Waals surface area contributed by atoms with Crippen LogP contribution < -0.4 is 29.7 Å². The smallest absolute Gasteiger partial charge is 0.271 e. The lowest BCUT2D eigenvalue weighted by molar-refractivity contribution is -0.113. The number of fused-ring (bicyclic) bond motifs is 1. The van der Waals surface area contributed by atoms with Crippen molar-refractivity contribution in [2.75, 3.05) is 18.5 Å². The molecule has 1 aromatic heterocycles. The molecule has 1 N–H and O–H groups in total. The van der Waals surface area contributed by atoms with Gasteiger partial charge in [0.2, 0.25) is 0 Å². The first-order valence-corrected chi connectivity index (χ1v) is 15.9. The van der Waals surface area contributed by atoms with Crippen LogP contribution in [0.15, 0.2) is 87.8 Å². The number of aromatic nitrogens is 1. The summed E-state index contributed by atoms with van der Waals surface area (Å²) >= 11 is 5.70. The Labute approximate surface area is 274 Å². The van der Waals surface area contributed by atoms with Gasteiger partial charge in [0.1, 0.15) is 18.1 Å². The van der Waals surface area contributed by atoms with Gasteiger partial charge >= 0.3 is 0 Å². The summed E-state index contributed by atoms with van der Waals surface area (Å²) in [5.74, 6) is 3.49. The molecule has 1 amide bonds. The Morgan fingerprint density at radius 1 is 1.14 bits per heavy atom. The van der Waals surface area contributed by atoms with E-state index in [0.717, 1.165) is 18.3 Å². The Balaban J connectivity index is 1.68. The third-order valence-electron chi connectivity index (χ3n) is 6.43. The molecular formula is C32H25I2N3O4S. The first-order chi connectivity index (χ1) is 20.3. The van der Waals surface area contributed by atoms with Gasteiger partial charge in [0.25, 0.3) is 11.5 Å². The maximum Gasteiger partial charge on any atom is 0.271 e. The quantitative estimate of drug-likeness (QED) is 0.189. The maximum absolute atomic E-state index is 14.1. The number of rotatable bonds is 8. The van der Waals surface area contributed by atoms with Crippen molar-refractivity contribution in [2.24, 2.45) is 4.99 Å². The van der Waals surface area contributed by atoms with Gasteiger partial charge in [-0.1, -0.05) is 47.6 Å². The van der Waals surface area contributed by atoms with E-state index >= 15 is 0 Å². The monoisotopic (exact) mass is 801 g/mol. The zero-order chi connectivity index (χ0) is 29.8. The fourth-order valence-corrected chi connectivity index (χ4v) is 7.74. The lowest BCUT2D eigenvalue weighted by Crippen LogP contribution is -2.40. The Hall–Kier alpha value is -3.41. The number of thiazole rings is 1. The van der Waals surface area contributed by atoms with Crippen LogP contribution in [0.5, 0.6) is 11.5 Å². The lowest BCUT2D eigenvalue weighted by atomic mass is 9.95. The maximum atomic E-state index is 14.1. The highest BCUT2D eigenvalue weighted by Crippen LogP contribution is 2.32. The molecule has 0 spiro atoms. The minimum absolute atomic E-state index is 0.107. The van der Waals surface area contributed by atoms with E-state index in [4.69, 9.17) is 20.9 Å². The van der Waals surface area contributed by atoms with E-state index in [1.54, 1.807) is 17.6 Å². The van der Waals surface area contributed by atoms with Crippen LogP contribution in [0.4, 0.5) is 5.69 Å². The number of nitrogens with zero attached hydrogens (tertiary/aromatic N) is 2. The first-order valence-electron chi connectivity index (χ1n) is 13.0. The number of ether oxygens (including phenoxy) is 2. The molecule has 0 aliphatic carbocycles. The molecule has 7 nitrogen and oxygen atoms in total. The second-order valence-corrected chi connectivity index (χ2v) is 12.6. The first kappa shape index (κ1) is 30.1. The van der Waals surface area contributed by atoms with E-state index in [-0.39, 0.29) is 18.1 Å². The van der Waals surface area contributed by atoms with Crippen LogP contribution in [-0.2, 0) is 4.79 Å². The van der Waals surface area contributed by atoms with Gasteiger partial charge in [0.15, 0.2) is 4.80 Å². The van der Waals surface area contributed by atoms with Crippen molar-refractivity contribution in [3.05, 3.63) is 116 Å². The van der Waals surface area contributed by atoms with Gasteiger partial charge in [-0.15, -0.1) is 6.42 Å². The van der Waals surface area contributed by atoms with Gasteiger partial charge in [0.05, 0.1) is 32.0 Å². The fraction of sp³-hybridized carbons (Fsp3) is 0.156. The number of benzene rings is 3. The summed E-state index contributed by atoms with van der Waals surface area (Å²) in [5.41, 5.74) is 2.83. The zero-order valence-electron chi connectivity index (χ0n) is 22.7. The predicted molar refractivity (Wildman–Crippen MR) is 183 cm³/mol. The highest BCUT2D eigenvalue weighted by molar-refractivity contribution is 14.1. The molecule has 1 atom stereocenters. The molecule has 3 aromatic carbocycles. The number of hydrogen-bond acceptors (Lipinski definition) is 6. The number of para-hydroxylation sites is 1. The summed E-state index contributed by atoms with van der Waals surface area (Å²) in [6.07, 6.45) is 7.25. The van der Waals surface area contributed by atoms with Crippen molar-refractivity contribution < 1.29 is 14.3 Å². The van der Waals surface area contributed by atoms with Crippen LogP contribution in [0.1, 0.15) is 31.0 Å². The minimum Gasteiger partial charge on any atom is -0.494 e. The molecule has 5 rings (SSSR count). The van der Waals surface area contributed by atoms with Crippen molar-refractivity contribution in [3.63, 3.8) is 0 Å². The van der Waals surface area contributed by atoms with Crippen molar-refractivity contribution in [3.8, 4) is 23.8 Å². The Morgan fingerprint density at radius 3 is 2.57 bits per heavy atom. The van der Waals surface area contributed by atoms with E-state index in [1.165, 1.54) is 11.3 Å². The van der Waals surface area contributed by atoms with Gasteiger partial charge in [-0.25, -0.2) is 4.99 Å². The number of carbonyl (C=O) groups excluding carboxylic acids is 1. The lowest BCUT2D eigenvalue weighted by Gasteiger charge is -2.25. The summed E-state index contributed by atoms with van der Waals surface area (Å²) < 4.78 is 15.4.